The molecule has 1 aromatic rings. The van der Waals surface area contributed by atoms with Gasteiger partial charge in [0.2, 0.25) is 5.88 Å². The van der Waals surface area contributed by atoms with E-state index in [-0.39, 0.29) is 0 Å². The minimum Gasteiger partial charge on any atom is -0.478 e. The number of halogens is 1. The third-order valence-corrected chi connectivity index (χ3v) is 2.73. The normalized spacial score (nSPS) is 15.5. The summed E-state index contributed by atoms with van der Waals surface area (Å²) in [6, 6.07) is 3.83. The fraction of sp³-hybridized carbons (Fsp3) is 0.545. The van der Waals surface area contributed by atoms with Gasteiger partial charge in [0.1, 0.15) is 0 Å². The number of pyridine rings is 1. The molecule has 0 aromatic carbocycles. The Kier molecular flexibility index (Phi) is 3.25. The molecule has 2 nitrogen and oxygen atoms in total. The van der Waals surface area contributed by atoms with Gasteiger partial charge in [-0.05, 0) is 17.9 Å². The quantitative estimate of drug-likeness (QED) is 0.699. The summed E-state index contributed by atoms with van der Waals surface area (Å²) in [5.41, 5.74) is 1.03. The van der Waals surface area contributed by atoms with Gasteiger partial charge in [0.05, 0.1) is 6.61 Å². The van der Waals surface area contributed by atoms with E-state index in [0.29, 0.717) is 11.8 Å². The Balaban J connectivity index is 1.77. The zero-order chi connectivity index (χ0) is 9.80. The Hall–Kier alpha value is -0.760. The van der Waals surface area contributed by atoms with Crippen LogP contribution >= 0.6 is 11.6 Å². The first-order valence-corrected chi connectivity index (χ1v) is 5.55. The number of ether oxygens (including phenoxy) is 1. The highest BCUT2D eigenvalue weighted by molar-refractivity contribution is 6.17. The lowest BCUT2D eigenvalue weighted by atomic mass is 10.3. The molecule has 0 atom stereocenters. The van der Waals surface area contributed by atoms with Crippen LogP contribution in [0.15, 0.2) is 18.3 Å². The summed E-state index contributed by atoms with van der Waals surface area (Å²) in [5, 5.41) is 0. The zero-order valence-electron chi connectivity index (χ0n) is 8.08. The van der Waals surface area contributed by atoms with Crippen LogP contribution in [0.2, 0.25) is 0 Å². The lowest BCUT2D eigenvalue weighted by molar-refractivity contribution is 0.291. The van der Waals surface area contributed by atoms with Gasteiger partial charge in [0, 0.05) is 18.1 Å². The van der Waals surface area contributed by atoms with Crippen molar-refractivity contribution >= 4 is 11.6 Å². The van der Waals surface area contributed by atoms with Crippen molar-refractivity contribution < 1.29 is 4.74 Å². The van der Waals surface area contributed by atoms with E-state index in [1.54, 1.807) is 6.20 Å². The van der Waals surface area contributed by atoms with Crippen molar-refractivity contribution in [3.8, 4) is 5.88 Å². The summed E-state index contributed by atoms with van der Waals surface area (Å²) in [5.74, 6) is 2.13. The summed E-state index contributed by atoms with van der Waals surface area (Å²) in [4.78, 5) is 4.16. The Morgan fingerprint density at radius 1 is 1.43 bits per heavy atom. The second-order valence-electron chi connectivity index (χ2n) is 3.72. The van der Waals surface area contributed by atoms with Gasteiger partial charge in [-0.3, -0.25) is 0 Å². The predicted molar refractivity (Wildman–Crippen MR) is 56.6 cm³/mol. The molecule has 1 saturated carbocycles. The zero-order valence-corrected chi connectivity index (χ0v) is 8.83. The average molecular weight is 212 g/mol. The summed E-state index contributed by atoms with van der Waals surface area (Å²) in [6.45, 7) is 0.790. The third kappa shape index (κ3) is 2.88. The van der Waals surface area contributed by atoms with Crippen molar-refractivity contribution in [1.82, 2.24) is 4.98 Å². The van der Waals surface area contributed by atoms with Crippen molar-refractivity contribution in [3.05, 3.63) is 23.9 Å². The molecule has 14 heavy (non-hydrogen) atoms. The van der Waals surface area contributed by atoms with Crippen LogP contribution in [-0.4, -0.2) is 11.6 Å². The van der Waals surface area contributed by atoms with Crippen LogP contribution < -0.4 is 4.74 Å². The molecule has 0 bridgehead atoms. The van der Waals surface area contributed by atoms with Crippen molar-refractivity contribution in [2.45, 2.75) is 25.1 Å². The van der Waals surface area contributed by atoms with Crippen molar-refractivity contribution in [2.75, 3.05) is 6.61 Å². The standard InChI is InChI=1S/C11H14ClNO/c12-7-10-3-4-11(13-8-10)14-6-5-9-1-2-9/h3-4,8-9H,1-2,5-7H2. The molecule has 76 valence electrons. The summed E-state index contributed by atoms with van der Waals surface area (Å²) in [6.07, 6.45) is 5.68. The fourth-order valence-corrected chi connectivity index (χ4v) is 1.47. The van der Waals surface area contributed by atoms with Gasteiger partial charge in [0.15, 0.2) is 0 Å². The molecule has 1 heterocycles. The maximum absolute atomic E-state index is 5.65. The summed E-state index contributed by atoms with van der Waals surface area (Å²) >= 11 is 5.65. The minimum atomic E-state index is 0.509. The molecule has 2 rings (SSSR count). The highest BCUT2D eigenvalue weighted by Crippen LogP contribution is 2.32. The van der Waals surface area contributed by atoms with Crippen molar-refractivity contribution in [3.63, 3.8) is 0 Å². The molecular weight excluding hydrogens is 198 g/mol. The van der Waals surface area contributed by atoms with Gasteiger partial charge >= 0.3 is 0 Å². The van der Waals surface area contributed by atoms with Gasteiger partial charge in [-0.25, -0.2) is 4.98 Å². The smallest absolute Gasteiger partial charge is 0.213 e. The number of hydrogen-bond acceptors (Lipinski definition) is 2. The maximum atomic E-state index is 5.65. The molecular formula is C11H14ClNO. The molecule has 0 spiro atoms. The minimum absolute atomic E-state index is 0.509. The first kappa shape index (κ1) is 9.78. The molecule has 0 radical (unpaired) electrons. The lowest BCUT2D eigenvalue weighted by Gasteiger charge is -2.04. The molecule has 1 aromatic heterocycles. The Morgan fingerprint density at radius 3 is 2.86 bits per heavy atom. The van der Waals surface area contributed by atoms with E-state index < -0.39 is 0 Å². The van der Waals surface area contributed by atoms with Crippen LogP contribution in [0.5, 0.6) is 5.88 Å². The molecule has 0 saturated heterocycles. The second kappa shape index (κ2) is 4.65. The van der Waals surface area contributed by atoms with Crippen molar-refractivity contribution in [2.24, 2.45) is 5.92 Å². The van der Waals surface area contributed by atoms with E-state index in [4.69, 9.17) is 16.3 Å². The number of rotatable bonds is 5. The van der Waals surface area contributed by atoms with E-state index in [0.717, 1.165) is 18.1 Å². The van der Waals surface area contributed by atoms with Gasteiger partial charge in [-0.15, -0.1) is 11.6 Å². The topological polar surface area (TPSA) is 22.1 Å². The van der Waals surface area contributed by atoms with E-state index in [1.807, 2.05) is 12.1 Å². The molecule has 1 fully saturated rings. The van der Waals surface area contributed by atoms with Crippen LogP contribution in [0.4, 0.5) is 0 Å². The molecule has 0 amide bonds. The van der Waals surface area contributed by atoms with Crippen LogP contribution in [-0.2, 0) is 5.88 Å². The van der Waals surface area contributed by atoms with Gasteiger partial charge in [0.25, 0.3) is 0 Å². The van der Waals surface area contributed by atoms with E-state index >= 15 is 0 Å². The number of hydrogen-bond donors (Lipinski definition) is 0. The number of aromatic nitrogens is 1. The summed E-state index contributed by atoms with van der Waals surface area (Å²) in [7, 11) is 0. The first-order valence-electron chi connectivity index (χ1n) is 5.02. The molecule has 1 aliphatic rings. The SMILES string of the molecule is ClCc1ccc(OCCC2CC2)nc1. The van der Waals surface area contributed by atoms with Crippen LogP contribution in [0.25, 0.3) is 0 Å². The average Bonchev–Trinajstić information content (AvgIpc) is 3.03. The lowest BCUT2D eigenvalue weighted by Crippen LogP contribution is -1.99. The highest BCUT2D eigenvalue weighted by Gasteiger charge is 2.20. The largest absolute Gasteiger partial charge is 0.478 e. The first-order chi connectivity index (χ1) is 6.88. The van der Waals surface area contributed by atoms with Gasteiger partial charge < -0.3 is 4.74 Å². The Labute approximate surface area is 89.3 Å². The van der Waals surface area contributed by atoms with E-state index in [1.165, 1.54) is 19.3 Å². The van der Waals surface area contributed by atoms with Gasteiger partial charge in [-0.1, -0.05) is 18.9 Å². The van der Waals surface area contributed by atoms with Gasteiger partial charge in [-0.2, -0.15) is 0 Å². The Bertz CT molecular complexity index is 282. The monoisotopic (exact) mass is 211 g/mol. The summed E-state index contributed by atoms with van der Waals surface area (Å²) < 4.78 is 5.50. The second-order valence-corrected chi connectivity index (χ2v) is 3.99. The predicted octanol–water partition coefficient (Wildman–Crippen LogP) is 3.00. The molecule has 0 unspecified atom stereocenters. The number of nitrogens with zero attached hydrogens (tertiary/aromatic N) is 1. The Morgan fingerprint density at radius 2 is 2.29 bits per heavy atom. The molecule has 0 N–H and O–H groups in total. The van der Waals surface area contributed by atoms with E-state index in [2.05, 4.69) is 4.98 Å². The van der Waals surface area contributed by atoms with Crippen LogP contribution in [0.1, 0.15) is 24.8 Å². The molecule has 1 aliphatic carbocycles. The molecule has 3 heteroatoms. The van der Waals surface area contributed by atoms with Crippen LogP contribution in [0, 0.1) is 5.92 Å². The molecule has 0 aliphatic heterocycles. The third-order valence-electron chi connectivity index (χ3n) is 2.42. The van der Waals surface area contributed by atoms with E-state index in [9.17, 15) is 0 Å². The maximum Gasteiger partial charge on any atom is 0.213 e. The van der Waals surface area contributed by atoms with Crippen LogP contribution in [0.3, 0.4) is 0 Å². The van der Waals surface area contributed by atoms with Crippen molar-refractivity contribution in [1.29, 1.82) is 0 Å². The fourth-order valence-electron chi connectivity index (χ4n) is 1.31. The number of alkyl halides is 1. The highest BCUT2D eigenvalue weighted by atomic mass is 35.5.